The molecule has 1 aromatic carbocycles. The second-order valence-corrected chi connectivity index (χ2v) is 8.09. The van der Waals surface area contributed by atoms with Gasteiger partial charge >= 0.3 is 0 Å². The number of hydrogen-bond donors (Lipinski definition) is 1. The monoisotopic (exact) mass is 307 g/mol. The maximum atomic E-state index is 12.5. The van der Waals surface area contributed by atoms with Crippen molar-refractivity contribution < 1.29 is 8.42 Å². The predicted molar refractivity (Wildman–Crippen MR) is 86.6 cm³/mol. The van der Waals surface area contributed by atoms with Gasteiger partial charge in [0.25, 0.3) is 0 Å². The van der Waals surface area contributed by atoms with Crippen molar-refractivity contribution in [2.45, 2.75) is 51.0 Å². The van der Waals surface area contributed by atoms with Gasteiger partial charge in [0.15, 0.2) is 0 Å². The molecule has 0 bridgehead atoms. The fourth-order valence-corrected chi connectivity index (χ4v) is 4.28. The van der Waals surface area contributed by atoms with Crippen LogP contribution in [-0.2, 0) is 10.0 Å². The van der Waals surface area contributed by atoms with Gasteiger partial charge in [-0.25, -0.2) is 13.1 Å². The molecule has 0 saturated heterocycles. The van der Waals surface area contributed by atoms with E-state index in [-0.39, 0.29) is 6.04 Å². The molecule has 3 nitrogen and oxygen atoms in total. The highest BCUT2D eigenvalue weighted by atomic mass is 32.2. The van der Waals surface area contributed by atoms with Crippen LogP contribution in [0.4, 0.5) is 0 Å². The number of hydrogen-bond acceptors (Lipinski definition) is 2. The standard InChI is InChI=1S/C17H25NO2S/c1-12(2)15-8-7-14(4)17(11-15)18-21(19,20)16-9-5-13(3)6-10-16/h5-6,9-10,14-15,17-18H,1,7-8,11H2,2-4H3/t14-,15-,17-/m0/s1. The molecule has 0 heterocycles. The van der Waals surface area contributed by atoms with Crippen molar-refractivity contribution >= 4 is 10.0 Å². The molecule has 1 aliphatic carbocycles. The molecule has 1 fully saturated rings. The molecule has 0 aliphatic heterocycles. The van der Waals surface area contributed by atoms with E-state index in [1.807, 2.05) is 26.0 Å². The molecule has 1 aliphatic rings. The molecular formula is C17H25NO2S. The summed E-state index contributed by atoms with van der Waals surface area (Å²) < 4.78 is 27.9. The molecule has 1 N–H and O–H groups in total. The molecule has 1 saturated carbocycles. The van der Waals surface area contributed by atoms with E-state index in [2.05, 4.69) is 18.2 Å². The Labute approximate surface area is 128 Å². The number of rotatable bonds is 4. The van der Waals surface area contributed by atoms with Crippen molar-refractivity contribution in [1.82, 2.24) is 4.72 Å². The van der Waals surface area contributed by atoms with Gasteiger partial charge in [-0.15, -0.1) is 0 Å². The summed E-state index contributed by atoms with van der Waals surface area (Å²) in [6.07, 6.45) is 3.00. The summed E-state index contributed by atoms with van der Waals surface area (Å²) in [5, 5.41) is 0. The fraction of sp³-hybridized carbons (Fsp3) is 0.529. The SMILES string of the molecule is C=C(C)[C@H]1CC[C@H](C)[C@@H](NS(=O)(=O)c2ccc(C)cc2)C1. The highest BCUT2D eigenvalue weighted by Crippen LogP contribution is 2.33. The van der Waals surface area contributed by atoms with Crippen LogP contribution in [0.15, 0.2) is 41.3 Å². The Hall–Kier alpha value is -1.13. The highest BCUT2D eigenvalue weighted by molar-refractivity contribution is 7.89. The smallest absolute Gasteiger partial charge is 0.208 e. The Bertz CT molecular complexity index is 604. The zero-order valence-electron chi connectivity index (χ0n) is 13.1. The molecule has 0 amide bonds. The van der Waals surface area contributed by atoms with Gasteiger partial charge in [-0.1, -0.05) is 36.8 Å². The summed E-state index contributed by atoms with van der Waals surface area (Å²) in [5.41, 5.74) is 2.21. The molecule has 0 spiro atoms. The second kappa shape index (κ2) is 6.32. The molecular weight excluding hydrogens is 282 g/mol. The number of aryl methyl sites for hydroxylation is 1. The molecule has 1 aromatic rings. The van der Waals surface area contributed by atoms with E-state index in [0.29, 0.717) is 16.7 Å². The summed E-state index contributed by atoms with van der Waals surface area (Å²) in [5.74, 6) is 0.785. The predicted octanol–water partition coefficient (Wildman–Crippen LogP) is 3.65. The van der Waals surface area contributed by atoms with Gasteiger partial charge in [-0.3, -0.25) is 0 Å². The van der Waals surface area contributed by atoms with E-state index in [1.165, 1.54) is 0 Å². The van der Waals surface area contributed by atoms with Crippen LogP contribution in [0.3, 0.4) is 0 Å². The minimum Gasteiger partial charge on any atom is -0.208 e. The minimum atomic E-state index is -3.44. The Morgan fingerprint density at radius 2 is 1.86 bits per heavy atom. The Kier molecular flexibility index (Phi) is 4.89. The van der Waals surface area contributed by atoms with E-state index in [4.69, 9.17) is 0 Å². The van der Waals surface area contributed by atoms with Crippen LogP contribution in [0.2, 0.25) is 0 Å². The van der Waals surface area contributed by atoms with E-state index < -0.39 is 10.0 Å². The topological polar surface area (TPSA) is 46.2 Å². The molecule has 2 rings (SSSR count). The van der Waals surface area contributed by atoms with Crippen LogP contribution in [0.25, 0.3) is 0 Å². The van der Waals surface area contributed by atoms with Crippen LogP contribution in [0, 0.1) is 18.8 Å². The van der Waals surface area contributed by atoms with E-state index >= 15 is 0 Å². The third-order valence-electron chi connectivity index (χ3n) is 4.53. The van der Waals surface area contributed by atoms with Gasteiger partial charge in [-0.05, 0) is 57.1 Å². The first kappa shape index (κ1) is 16.2. The summed E-state index contributed by atoms with van der Waals surface area (Å²) in [6.45, 7) is 10.1. The van der Waals surface area contributed by atoms with Gasteiger partial charge in [0, 0.05) is 6.04 Å². The lowest BCUT2D eigenvalue weighted by molar-refractivity contribution is 0.261. The number of sulfonamides is 1. The lowest BCUT2D eigenvalue weighted by Crippen LogP contribution is -2.43. The van der Waals surface area contributed by atoms with Gasteiger partial charge < -0.3 is 0 Å². The second-order valence-electron chi connectivity index (χ2n) is 6.37. The van der Waals surface area contributed by atoms with Crippen LogP contribution in [0.1, 0.15) is 38.7 Å². The lowest BCUT2D eigenvalue weighted by Gasteiger charge is -2.35. The van der Waals surface area contributed by atoms with Crippen LogP contribution in [0.5, 0.6) is 0 Å². The zero-order valence-corrected chi connectivity index (χ0v) is 13.9. The third kappa shape index (κ3) is 3.95. The van der Waals surface area contributed by atoms with Crippen molar-refractivity contribution in [3.8, 4) is 0 Å². The van der Waals surface area contributed by atoms with Crippen molar-refractivity contribution in [3.05, 3.63) is 42.0 Å². The fourth-order valence-electron chi connectivity index (χ4n) is 2.92. The Morgan fingerprint density at radius 3 is 2.43 bits per heavy atom. The molecule has 21 heavy (non-hydrogen) atoms. The number of allylic oxidation sites excluding steroid dienone is 1. The van der Waals surface area contributed by atoms with Gasteiger partial charge in [0.05, 0.1) is 4.90 Å². The summed E-state index contributed by atoms with van der Waals surface area (Å²) in [7, 11) is -3.44. The van der Waals surface area contributed by atoms with Crippen molar-refractivity contribution in [1.29, 1.82) is 0 Å². The Morgan fingerprint density at radius 1 is 1.24 bits per heavy atom. The van der Waals surface area contributed by atoms with E-state index in [0.717, 1.165) is 30.4 Å². The van der Waals surface area contributed by atoms with Gasteiger partial charge in [0.1, 0.15) is 0 Å². The number of nitrogens with one attached hydrogen (secondary N) is 1. The van der Waals surface area contributed by atoms with E-state index in [1.54, 1.807) is 12.1 Å². The average Bonchev–Trinajstić information content (AvgIpc) is 2.41. The summed E-state index contributed by atoms with van der Waals surface area (Å²) in [6, 6.07) is 6.99. The summed E-state index contributed by atoms with van der Waals surface area (Å²) >= 11 is 0. The van der Waals surface area contributed by atoms with Crippen LogP contribution >= 0.6 is 0 Å². The minimum absolute atomic E-state index is 0.00764. The lowest BCUT2D eigenvalue weighted by atomic mass is 9.77. The normalized spacial score (nSPS) is 26.5. The quantitative estimate of drug-likeness (QED) is 0.863. The zero-order chi connectivity index (χ0) is 15.6. The first-order chi connectivity index (χ1) is 9.79. The molecule has 0 radical (unpaired) electrons. The molecule has 116 valence electrons. The van der Waals surface area contributed by atoms with Crippen molar-refractivity contribution in [2.24, 2.45) is 11.8 Å². The largest absolute Gasteiger partial charge is 0.240 e. The molecule has 3 atom stereocenters. The van der Waals surface area contributed by atoms with Crippen molar-refractivity contribution in [2.75, 3.05) is 0 Å². The van der Waals surface area contributed by atoms with Crippen LogP contribution < -0.4 is 4.72 Å². The molecule has 0 aromatic heterocycles. The summed E-state index contributed by atoms with van der Waals surface area (Å²) in [4.78, 5) is 0.345. The van der Waals surface area contributed by atoms with Gasteiger partial charge in [-0.2, -0.15) is 0 Å². The van der Waals surface area contributed by atoms with Gasteiger partial charge in [0.2, 0.25) is 10.0 Å². The molecule has 4 heteroatoms. The number of benzene rings is 1. The average molecular weight is 307 g/mol. The maximum absolute atomic E-state index is 12.5. The third-order valence-corrected chi connectivity index (χ3v) is 6.04. The first-order valence-electron chi connectivity index (χ1n) is 7.54. The Balaban J connectivity index is 2.14. The van der Waals surface area contributed by atoms with Crippen molar-refractivity contribution in [3.63, 3.8) is 0 Å². The van der Waals surface area contributed by atoms with E-state index in [9.17, 15) is 8.42 Å². The molecule has 0 unspecified atom stereocenters. The highest BCUT2D eigenvalue weighted by Gasteiger charge is 2.31. The first-order valence-corrected chi connectivity index (χ1v) is 9.02. The maximum Gasteiger partial charge on any atom is 0.240 e. The van der Waals surface area contributed by atoms with Crippen LogP contribution in [-0.4, -0.2) is 14.5 Å².